The number of amides is 2. The van der Waals surface area contributed by atoms with Crippen LogP contribution in [0.15, 0.2) is 53.4 Å². The van der Waals surface area contributed by atoms with Crippen LogP contribution in [0, 0.1) is 5.82 Å². The summed E-state index contributed by atoms with van der Waals surface area (Å²) in [5.74, 6) is -1.72. The van der Waals surface area contributed by atoms with E-state index in [1.807, 2.05) is 0 Å². The minimum Gasteiger partial charge on any atom is -0.343 e. The van der Waals surface area contributed by atoms with Crippen molar-refractivity contribution in [2.24, 2.45) is 0 Å². The van der Waals surface area contributed by atoms with Crippen molar-refractivity contribution in [2.45, 2.75) is 4.90 Å². The van der Waals surface area contributed by atoms with Gasteiger partial charge in [0.1, 0.15) is 5.82 Å². The van der Waals surface area contributed by atoms with E-state index in [0.29, 0.717) is 5.02 Å². The van der Waals surface area contributed by atoms with Gasteiger partial charge in [0, 0.05) is 31.2 Å². The number of nitrogens with zero attached hydrogens (tertiary/aromatic N) is 2. The minimum absolute atomic E-state index is 0.0990. The molecule has 10 heteroatoms. The molecule has 3 rings (SSSR count). The normalized spacial score (nSPS) is 15.2. The van der Waals surface area contributed by atoms with Gasteiger partial charge in [0.15, 0.2) is 0 Å². The maximum atomic E-state index is 13.6. The number of hydrogen-bond donors (Lipinski definition) is 1. The molecule has 0 spiro atoms. The topological polar surface area (TPSA) is 86.8 Å². The van der Waals surface area contributed by atoms with Gasteiger partial charge < -0.3 is 10.2 Å². The Hall–Kier alpha value is -2.49. The van der Waals surface area contributed by atoms with E-state index in [4.69, 9.17) is 11.6 Å². The first-order chi connectivity index (χ1) is 13.8. The summed E-state index contributed by atoms with van der Waals surface area (Å²) in [5.41, 5.74) is -0.141. The third-order valence-corrected chi connectivity index (χ3v) is 6.67. The molecule has 0 aliphatic carbocycles. The maximum Gasteiger partial charge on any atom is 0.254 e. The first-order valence-corrected chi connectivity index (χ1v) is 10.7. The second kappa shape index (κ2) is 8.89. The fourth-order valence-electron chi connectivity index (χ4n) is 2.96. The summed E-state index contributed by atoms with van der Waals surface area (Å²) in [6.45, 7) is 0.334. The van der Waals surface area contributed by atoms with E-state index in [-0.39, 0.29) is 49.1 Å². The zero-order chi connectivity index (χ0) is 21.0. The largest absolute Gasteiger partial charge is 0.343 e. The van der Waals surface area contributed by atoms with Gasteiger partial charge in [0.05, 0.1) is 17.0 Å². The van der Waals surface area contributed by atoms with Crippen molar-refractivity contribution in [2.75, 3.05) is 32.7 Å². The highest BCUT2D eigenvalue weighted by Crippen LogP contribution is 2.20. The Balaban J connectivity index is 1.54. The van der Waals surface area contributed by atoms with Crippen molar-refractivity contribution >= 4 is 33.4 Å². The molecule has 29 heavy (non-hydrogen) atoms. The number of piperazine rings is 1. The Morgan fingerprint density at radius 1 is 1.03 bits per heavy atom. The van der Waals surface area contributed by atoms with E-state index in [2.05, 4.69) is 5.32 Å². The first-order valence-electron chi connectivity index (χ1n) is 8.85. The van der Waals surface area contributed by atoms with Crippen LogP contribution in [0.4, 0.5) is 4.39 Å². The molecule has 0 saturated carbocycles. The molecule has 7 nitrogen and oxygen atoms in total. The standard InChI is InChI=1S/C19H19ClFN3O4S/c20-14-4-3-5-15(12-14)29(27,28)24-10-8-23(9-11-24)18(25)13-22-19(26)16-6-1-2-7-17(16)21/h1-7,12H,8-11,13H2,(H,22,26). The summed E-state index contributed by atoms with van der Waals surface area (Å²) in [6.07, 6.45) is 0. The number of carbonyl (C=O) groups is 2. The van der Waals surface area contributed by atoms with Gasteiger partial charge in [-0.05, 0) is 30.3 Å². The van der Waals surface area contributed by atoms with Crippen LogP contribution in [0.5, 0.6) is 0 Å². The Kier molecular flexibility index (Phi) is 6.51. The Morgan fingerprint density at radius 3 is 2.38 bits per heavy atom. The number of carbonyl (C=O) groups excluding carboxylic acids is 2. The van der Waals surface area contributed by atoms with Gasteiger partial charge in [-0.1, -0.05) is 29.8 Å². The minimum atomic E-state index is -3.70. The van der Waals surface area contributed by atoms with Crippen LogP contribution in [0.25, 0.3) is 0 Å². The van der Waals surface area contributed by atoms with Crippen LogP contribution in [0.2, 0.25) is 5.02 Å². The number of nitrogens with one attached hydrogen (secondary N) is 1. The van der Waals surface area contributed by atoms with Gasteiger partial charge in [-0.3, -0.25) is 9.59 Å². The fourth-order valence-corrected chi connectivity index (χ4v) is 4.69. The third kappa shape index (κ3) is 4.92. The lowest BCUT2D eigenvalue weighted by Crippen LogP contribution is -2.52. The summed E-state index contributed by atoms with van der Waals surface area (Å²) in [4.78, 5) is 25.9. The van der Waals surface area contributed by atoms with Gasteiger partial charge in [0.2, 0.25) is 15.9 Å². The van der Waals surface area contributed by atoms with Crippen molar-refractivity contribution < 1.29 is 22.4 Å². The second-order valence-electron chi connectivity index (χ2n) is 6.40. The van der Waals surface area contributed by atoms with Crippen LogP contribution in [0.3, 0.4) is 0 Å². The van der Waals surface area contributed by atoms with Crippen LogP contribution >= 0.6 is 11.6 Å². The number of hydrogen-bond acceptors (Lipinski definition) is 4. The van der Waals surface area contributed by atoms with E-state index in [1.54, 1.807) is 12.1 Å². The predicted octanol–water partition coefficient (Wildman–Crippen LogP) is 1.74. The molecular formula is C19H19ClFN3O4S. The zero-order valence-electron chi connectivity index (χ0n) is 15.3. The molecule has 1 saturated heterocycles. The van der Waals surface area contributed by atoms with Gasteiger partial charge >= 0.3 is 0 Å². The number of halogens is 2. The van der Waals surface area contributed by atoms with Gasteiger partial charge in [0.25, 0.3) is 5.91 Å². The molecule has 0 atom stereocenters. The molecule has 2 amide bonds. The van der Waals surface area contributed by atoms with E-state index in [0.717, 1.165) is 6.07 Å². The molecular weight excluding hydrogens is 421 g/mol. The van der Waals surface area contributed by atoms with Crippen LogP contribution in [-0.4, -0.2) is 62.2 Å². The van der Waals surface area contributed by atoms with Crippen molar-refractivity contribution in [3.8, 4) is 0 Å². The summed E-state index contributed by atoms with van der Waals surface area (Å²) >= 11 is 5.88. The lowest BCUT2D eigenvalue weighted by Gasteiger charge is -2.34. The van der Waals surface area contributed by atoms with Crippen molar-refractivity contribution in [3.05, 3.63) is 64.9 Å². The molecule has 1 fully saturated rings. The second-order valence-corrected chi connectivity index (χ2v) is 8.78. The highest BCUT2D eigenvalue weighted by atomic mass is 35.5. The Labute approximate surface area is 173 Å². The van der Waals surface area contributed by atoms with Crippen LogP contribution in [-0.2, 0) is 14.8 Å². The van der Waals surface area contributed by atoms with Gasteiger partial charge in [-0.2, -0.15) is 4.31 Å². The summed E-state index contributed by atoms with van der Waals surface area (Å²) < 4.78 is 40.3. The van der Waals surface area contributed by atoms with Crippen LogP contribution < -0.4 is 5.32 Å². The van der Waals surface area contributed by atoms with Gasteiger partial charge in [-0.25, -0.2) is 12.8 Å². The quantitative estimate of drug-likeness (QED) is 0.768. The first kappa shape index (κ1) is 21.2. The molecule has 1 heterocycles. The number of sulfonamides is 1. The molecule has 1 aliphatic rings. The monoisotopic (exact) mass is 439 g/mol. The molecule has 0 unspecified atom stereocenters. The lowest BCUT2D eigenvalue weighted by molar-refractivity contribution is -0.131. The summed E-state index contributed by atoms with van der Waals surface area (Å²) in [7, 11) is -3.70. The highest BCUT2D eigenvalue weighted by Gasteiger charge is 2.30. The van der Waals surface area contributed by atoms with E-state index in [1.165, 1.54) is 39.5 Å². The van der Waals surface area contributed by atoms with E-state index < -0.39 is 21.7 Å². The number of rotatable bonds is 5. The van der Waals surface area contributed by atoms with Crippen LogP contribution in [0.1, 0.15) is 10.4 Å². The van der Waals surface area contributed by atoms with Gasteiger partial charge in [-0.15, -0.1) is 0 Å². The smallest absolute Gasteiger partial charge is 0.254 e. The zero-order valence-corrected chi connectivity index (χ0v) is 16.9. The molecule has 0 bridgehead atoms. The summed E-state index contributed by atoms with van der Waals surface area (Å²) in [5, 5.41) is 2.72. The molecule has 1 N–H and O–H groups in total. The third-order valence-electron chi connectivity index (χ3n) is 4.54. The summed E-state index contributed by atoms with van der Waals surface area (Å²) in [6, 6.07) is 11.5. The fraction of sp³-hybridized carbons (Fsp3) is 0.263. The van der Waals surface area contributed by atoms with E-state index in [9.17, 15) is 22.4 Å². The molecule has 2 aromatic rings. The van der Waals surface area contributed by atoms with Crippen molar-refractivity contribution in [3.63, 3.8) is 0 Å². The Bertz CT molecular complexity index is 1020. The molecule has 1 aliphatic heterocycles. The molecule has 2 aromatic carbocycles. The SMILES string of the molecule is O=C(NCC(=O)N1CCN(S(=O)(=O)c2cccc(Cl)c2)CC1)c1ccccc1F. The molecule has 154 valence electrons. The average Bonchev–Trinajstić information content (AvgIpc) is 2.72. The van der Waals surface area contributed by atoms with E-state index >= 15 is 0 Å². The highest BCUT2D eigenvalue weighted by molar-refractivity contribution is 7.89. The Morgan fingerprint density at radius 2 is 1.72 bits per heavy atom. The number of benzene rings is 2. The molecule has 0 aromatic heterocycles. The lowest BCUT2D eigenvalue weighted by atomic mass is 10.2. The predicted molar refractivity (Wildman–Crippen MR) is 106 cm³/mol. The van der Waals surface area contributed by atoms with Crippen molar-refractivity contribution in [1.29, 1.82) is 0 Å². The maximum absolute atomic E-state index is 13.6. The molecule has 0 radical (unpaired) electrons. The van der Waals surface area contributed by atoms with Crippen molar-refractivity contribution in [1.82, 2.24) is 14.5 Å². The average molecular weight is 440 g/mol.